The number of aliphatic hydroxyl groups is 1. The molecular weight excluding hydrogens is 188 g/mol. The average Bonchev–Trinajstić information content (AvgIpc) is 2.27. The Balaban J connectivity index is 2.47. The Kier molecular flexibility index (Phi) is 4.24. The van der Waals surface area contributed by atoms with E-state index in [2.05, 4.69) is 23.3 Å². The van der Waals surface area contributed by atoms with Gasteiger partial charge in [0.05, 0.1) is 0 Å². The molecule has 0 bridgehead atoms. The summed E-state index contributed by atoms with van der Waals surface area (Å²) in [5, 5.41) is 12.5. The van der Waals surface area contributed by atoms with Gasteiger partial charge in [-0.15, -0.1) is 0 Å². The van der Waals surface area contributed by atoms with Crippen LogP contribution in [0.5, 0.6) is 0 Å². The molecule has 0 unspecified atom stereocenters. The summed E-state index contributed by atoms with van der Waals surface area (Å²) in [5.74, 6) is 0. The number of aliphatic hydroxyl groups excluding tert-OH is 1. The standard InChI is InChI=1S/C12H20N2O/c1-10(11-5-4-6-13-7-11)14-8-12(2,3)9-15/h4-7,10,14-15H,8-9H2,1-3H3/t10-/m1/s1. The Morgan fingerprint density at radius 2 is 2.27 bits per heavy atom. The molecule has 0 aliphatic rings. The Morgan fingerprint density at radius 3 is 2.80 bits per heavy atom. The topological polar surface area (TPSA) is 45.1 Å². The van der Waals surface area contributed by atoms with Gasteiger partial charge in [-0.1, -0.05) is 19.9 Å². The van der Waals surface area contributed by atoms with Crippen molar-refractivity contribution in [1.29, 1.82) is 0 Å². The predicted octanol–water partition coefficient (Wildman–Crippen LogP) is 1.75. The second-order valence-corrected chi connectivity index (χ2v) is 4.71. The maximum atomic E-state index is 9.13. The molecule has 1 aromatic rings. The zero-order valence-corrected chi connectivity index (χ0v) is 9.70. The molecule has 84 valence electrons. The normalized spacial score (nSPS) is 13.9. The molecule has 1 rings (SSSR count). The number of pyridine rings is 1. The first-order valence-corrected chi connectivity index (χ1v) is 5.29. The maximum Gasteiger partial charge on any atom is 0.0494 e. The third-order valence-electron chi connectivity index (χ3n) is 2.50. The number of rotatable bonds is 5. The zero-order valence-electron chi connectivity index (χ0n) is 9.70. The van der Waals surface area contributed by atoms with Gasteiger partial charge in [0, 0.05) is 37.0 Å². The van der Waals surface area contributed by atoms with Gasteiger partial charge in [-0.25, -0.2) is 0 Å². The molecule has 1 aromatic heterocycles. The molecule has 3 nitrogen and oxygen atoms in total. The zero-order chi connectivity index (χ0) is 11.3. The molecule has 1 heterocycles. The first-order valence-electron chi connectivity index (χ1n) is 5.29. The van der Waals surface area contributed by atoms with E-state index in [1.807, 2.05) is 26.1 Å². The van der Waals surface area contributed by atoms with Crippen molar-refractivity contribution in [2.45, 2.75) is 26.8 Å². The highest BCUT2D eigenvalue weighted by atomic mass is 16.3. The molecule has 0 saturated heterocycles. The van der Waals surface area contributed by atoms with Crippen molar-refractivity contribution >= 4 is 0 Å². The minimum Gasteiger partial charge on any atom is -0.396 e. The maximum absolute atomic E-state index is 9.13. The van der Waals surface area contributed by atoms with Gasteiger partial charge in [-0.05, 0) is 18.6 Å². The Labute approximate surface area is 91.5 Å². The molecule has 2 N–H and O–H groups in total. The summed E-state index contributed by atoms with van der Waals surface area (Å²) in [5.41, 5.74) is 1.10. The van der Waals surface area contributed by atoms with Crippen LogP contribution < -0.4 is 5.32 Å². The predicted molar refractivity (Wildman–Crippen MR) is 61.5 cm³/mol. The van der Waals surface area contributed by atoms with E-state index >= 15 is 0 Å². The van der Waals surface area contributed by atoms with Crippen molar-refractivity contribution in [3.8, 4) is 0 Å². The van der Waals surface area contributed by atoms with Crippen LogP contribution >= 0.6 is 0 Å². The quantitative estimate of drug-likeness (QED) is 0.775. The van der Waals surface area contributed by atoms with Gasteiger partial charge in [0.15, 0.2) is 0 Å². The summed E-state index contributed by atoms with van der Waals surface area (Å²) in [6, 6.07) is 4.26. The van der Waals surface area contributed by atoms with Crippen LogP contribution in [0.3, 0.4) is 0 Å². The van der Waals surface area contributed by atoms with E-state index < -0.39 is 0 Å². The fourth-order valence-corrected chi connectivity index (χ4v) is 1.24. The van der Waals surface area contributed by atoms with Gasteiger partial charge in [0.2, 0.25) is 0 Å². The van der Waals surface area contributed by atoms with E-state index in [9.17, 15) is 0 Å². The molecule has 3 heteroatoms. The number of aromatic nitrogens is 1. The lowest BCUT2D eigenvalue weighted by Gasteiger charge is -2.24. The number of hydrogen-bond acceptors (Lipinski definition) is 3. The van der Waals surface area contributed by atoms with Crippen LogP contribution in [0.2, 0.25) is 0 Å². The van der Waals surface area contributed by atoms with Crippen LogP contribution in [0.25, 0.3) is 0 Å². The molecule has 1 atom stereocenters. The lowest BCUT2D eigenvalue weighted by Crippen LogP contribution is -2.33. The van der Waals surface area contributed by atoms with Gasteiger partial charge in [0.1, 0.15) is 0 Å². The van der Waals surface area contributed by atoms with Crippen molar-refractivity contribution < 1.29 is 5.11 Å². The SMILES string of the molecule is C[C@@H](NCC(C)(C)CO)c1cccnc1. The van der Waals surface area contributed by atoms with Crippen molar-refractivity contribution in [1.82, 2.24) is 10.3 Å². The second kappa shape index (κ2) is 5.24. The van der Waals surface area contributed by atoms with Gasteiger partial charge >= 0.3 is 0 Å². The highest BCUT2D eigenvalue weighted by Crippen LogP contribution is 2.15. The number of hydrogen-bond donors (Lipinski definition) is 2. The molecule has 0 spiro atoms. The molecule has 0 fully saturated rings. The molecular formula is C12H20N2O. The largest absolute Gasteiger partial charge is 0.396 e. The fraction of sp³-hybridized carbons (Fsp3) is 0.583. The third kappa shape index (κ3) is 3.98. The van der Waals surface area contributed by atoms with E-state index in [4.69, 9.17) is 5.11 Å². The van der Waals surface area contributed by atoms with Gasteiger partial charge < -0.3 is 10.4 Å². The third-order valence-corrected chi connectivity index (χ3v) is 2.50. The second-order valence-electron chi connectivity index (χ2n) is 4.71. The first-order chi connectivity index (χ1) is 7.05. The number of nitrogens with one attached hydrogen (secondary N) is 1. The van der Waals surface area contributed by atoms with Crippen LogP contribution in [0, 0.1) is 5.41 Å². The Hall–Kier alpha value is -0.930. The van der Waals surface area contributed by atoms with E-state index in [-0.39, 0.29) is 18.1 Å². The van der Waals surface area contributed by atoms with E-state index in [0.717, 1.165) is 6.54 Å². The summed E-state index contributed by atoms with van der Waals surface area (Å²) in [4.78, 5) is 4.08. The van der Waals surface area contributed by atoms with Crippen LogP contribution in [0.1, 0.15) is 32.4 Å². The molecule has 0 radical (unpaired) electrons. The summed E-state index contributed by atoms with van der Waals surface area (Å²) in [6.07, 6.45) is 3.64. The van der Waals surface area contributed by atoms with Crippen molar-refractivity contribution in [2.75, 3.05) is 13.2 Å². The molecule has 0 aliphatic carbocycles. The lowest BCUT2D eigenvalue weighted by atomic mass is 9.94. The lowest BCUT2D eigenvalue weighted by molar-refractivity contribution is 0.154. The minimum absolute atomic E-state index is 0.0729. The summed E-state index contributed by atoms with van der Waals surface area (Å²) < 4.78 is 0. The molecule has 0 aromatic carbocycles. The molecule has 15 heavy (non-hydrogen) atoms. The summed E-state index contributed by atoms with van der Waals surface area (Å²) in [6.45, 7) is 7.16. The van der Waals surface area contributed by atoms with Crippen molar-refractivity contribution in [3.05, 3.63) is 30.1 Å². The molecule has 0 amide bonds. The average molecular weight is 208 g/mol. The van der Waals surface area contributed by atoms with Crippen LogP contribution in [0.4, 0.5) is 0 Å². The smallest absolute Gasteiger partial charge is 0.0494 e. The Morgan fingerprint density at radius 1 is 1.53 bits per heavy atom. The van der Waals surface area contributed by atoms with Crippen LogP contribution in [-0.4, -0.2) is 23.2 Å². The van der Waals surface area contributed by atoms with Crippen molar-refractivity contribution in [2.24, 2.45) is 5.41 Å². The Bertz CT molecular complexity index is 285. The highest BCUT2D eigenvalue weighted by molar-refractivity contribution is 5.12. The van der Waals surface area contributed by atoms with E-state index in [1.54, 1.807) is 6.20 Å². The van der Waals surface area contributed by atoms with Gasteiger partial charge in [-0.2, -0.15) is 0 Å². The van der Waals surface area contributed by atoms with Gasteiger partial charge in [-0.3, -0.25) is 4.98 Å². The monoisotopic (exact) mass is 208 g/mol. The molecule has 0 saturated carbocycles. The summed E-state index contributed by atoms with van der Waals surface area (Å²) >= 11 is 0. The van der Waals surface area contributed by atoms with Crippen LogP contribution in [0.15, 0.2) is 24.5 Å². The number of nitrogens with zero attached hydrogens (tertiary/aromatic N) is 1. The van der Waals surface area contributed by atoms with E-state index in [1.165, 1.54) is 5.56 Å². The highest BCUT2D eigenvalue weighted by Gasteiger charge is 2.17. The van der Waals surface area contributed by atoms with Crippen LogP contribution in [-0.2, 0) is 0 Å². The fourth-order valence-electron chi connectivity index (χ4n) is 1.24. The van der Waals surface area contributed by atoms with Gasteiger partial charge in [0.25, 0.3) is 0 Å². The molecule has 0 aliphatic heterocycles. The first kappa shape index (κ1) is 12.1. The van der Waals surface area contributed by atoms with Crippen molar-refractivity contribution in [3.63, 3.8) is 0 Å². The van der Waals surface area contributed by atoms with E-state index in [0.29, 0.717) is 0 Å². The minimum atomic E-state index is -0.0729. The summed E-state index contributed by atoms with van der Waals surface area (Å²) in [7, 11) is 0.